The molecule has 0 spiro atoms. The molecule has 3 nitrogen and oxygen atoms in total. The van der Waals surface area contributed by atoms with Crippen molar-refractivity contribution in [3.8, 4) is 0 Å². The highest BCUT2D eigenvalue weighted by atomic mass is 16.2. The van der Waals surface area contributed by atoms with Crippen LogP contribution in [0.15, 0.2) is 12.2 Å². The largest absolute Gasteiger partial charge is 0.335 e. The molecule has 2 fully saturated rings. The van der Waals surface area contributed by atoms with E-state index in [9.17, 15) is 4.79 Å². The monoisotopic (exact) mass is 194 g/mol. The Kier molecular flexibility index (Phi) is 2.75. The molecule has 0 radical (unpaired) electrons. The van der Waals surface area contributed by atoms with E-state index >= 15 is 0 Å². The summed E-state index contributed by atoms with van der Waals surface area (Å²) in [6.45, 7) is 5.63. The van der Waals surface area contributed by atoms with Crippen molar-refractivity contribution in [2.75, 3.05) is 13.1 Å². The summed E-state index contributed by atoms with van der Waals surface area (Å²) in [6.07, 6.45) is 5.52. The van der Waals surface area contributed by atoms with E-state index in [0.717, 1.165) is 38.8 Å². The van der Waals surface area contributed by atoms with Gasteiger partial charge < -0.3 is 10.2 Å². The number of hydrogen-bond donors (Lipinski definition) is 1. The molecular weight excluding hydrogens is 176 g/mol. The van der Waals surface area contributed by atoms with Crippen molar-refractivity contribution in [1.82, 2.24) is 10.2 Å². The minimum Gasteiger partial charge on any atom is -0.335 e. The van der Waals surface area contributed by atoms with Gasteiger partial charge in [-0.3, -0.25) is 0 Å². The maximum absolute atomic E-state index is 11.7. The molecular formula is C11H18N2O. The average molecular weight is 194 g/mol. The molecule has 0 unspecified atom stereocenters. The number of hydrogen-bond acceptors (Lipinski definition) is 1. The Labute approximate surface area is 85.2 Å². The van der Waals surface area contributed by atoms with Crippen LogP contribution in [-0.2, 0) is 0 Å². The summed E-state index contributed by atoms with van der Waals surface area (Å²) in [5.41, 5.74) is 1.28. The SMILES string of the molecule is C=C1CCN(C(=O)NC2CCC2)CC1. The van der Waals surface area contributed by atoms with E-state index in [1.165, 1.54) is 12.0 Å². The maximum Gasteiger partial charge on any atom is 0.317 e. The lowest BCUT2D eigenvalue weighted by molar-refractivity contribution is 0.182. The topological polar surface area (TPSA) is 32.3 Å². The Morgan fingerprint density at radius 3 is 2.50 bits per heavy atom. The molecule has 0 aromatic heterocycles. The molecule has 78 valence electrons. The quantitative estimate of drug-likeness (QED) is 0.635. The van der Waals surface area contributed by atoms with Gasteiger partial charge in [0, 0.05) is 19.1 Å². The summed E-state index contributed by atoms with van der Waals surface area (Å²) >= 11 is 0. The van der Waals surface area contributed by atoms with Gasteiger partial charge in [0.2, 0.25) is 0 Å². The molecule has 3 heteroatoms. The Morgan fingerprint density at radius 1 is 1.36 bits per heavy atom. The fourth-order valence-corrected chi connectivity index (χ4v) is 1.84. The molecule has 1 aliphatic carbocycles. The predicted molar refractivity (Wildman–Crippen MR) is 56.1 cm³/mol. The van der Waals surface area contributed by atoms with Gasteiger partial charge in [-0.15, -0.1) is 0 Å². The Balaban J connectivity index is 1.76. The molecule has 2 amide bonds. The third-order valence-corrected chi connectivity index (χ3v) is 3.19. The summed E-state index contributed by atoms with van der Waals surface area (Å²) in [4.78, 5) is 13.6. The fourth-order valence-electron chi connectivity index (χ4n) is 1.84. The van der Waals surface area contributed by atoms with Crippen LogP contribution in [0.3, 0.4) is 0 Å². The highest BCUT2D eigenvalue weighted by Crippen LogP contribution is 2.19. The van der Waals surface area contributed by atoms with Crippen LogP contribution in [0.5, 0.6) is 0 Å². The molecule has 0 aromatic carbocycles. The first-order valence-electron chi connectivity index (χ1n) is 5.48. The van der Waals surface area contributed by atoms with Crippen molar-refractivity contribution in [3.05, 3.63) is 12.2 Å². The van der Waals surface area contributed by atoms with E-state index in [1.807, 2.05) is 4.90 Å². The third kappa shape index (κ3) is 2.08. The van der Waals surface area contributed by atoms with Crippen LogP contribution >= 0.6 is 0 Å². The zero-order valence-corrected chi connectivity index (χ0v) is 8.59. The molecule has 1 saturated heterocycles. The second kappa shape index (κ2) is 4.03. The summed E-state index contributed by atoms with van der Waals surface area (Å²) in [7, 11) is 0. The van der Waals surface area contributed by atoms with Gasteiger partial charge in [-0.1, -0.05) is 12.2 Å². The number of carbonyl (C=O) groups is 1. The van der Waals surface area contributed by atoms with Crippen molar-refractivity contribution < 1.29 is 4.79 Å². The minimum absolute atomic E-state index is 0.127. The maximum atomic E-state index is 11.7. The fraction of sp³-hybridized carbons (Fsp3) is 0.727. The number of nitrogens with one attached hydrogen (secondary N) is 1. The minimum atomic E-state index is 0.127. The van der Waals surface area contributed by atoms with Crippen LogP contribution in [0.2, 0.25) is 0 Å². The molecule has 2 aliphatic rings. The van der Waals surface area contributed by atoms with Gasteiger partial charge in [0.1, 0.15) is 0 Å². The summed E-state index contributed by atoms with van der Waals surface area (Å²) < 4.78 is 0. The van der Waals surface area contributed by atoms with Crippen molar-refractivity contribution in [3.63, 3.8) is 0 Å². The van der Waals surface area contributed by atoms with Gasteiger partial charge in [-0.2, -0.15) is 0 Å². The van der Waals surface area contributed by atoms with Gasteiger partial charge in [0.05, 0.1) is 0 Å². The first-order chi connectivity index (χ1) is 6.75. The van der Waals surface area contributed by atoms with Crippen molar-refractivity contribution >= 4 is 6.03 Å². The number of likely N-dealkylation sites (tertiary alicyclic amines) is 1. The average Bonchev–Trinajstić information content (AvgIpc) is 2.12. The standard InChI is InChI=1S/C11H18N2O/c1-9-5-7-13(8-6-9)11(14)12-10-3-2-4-10/h10H,1-8H2,(H,12,14). The predicted octanol–water partition coefficient (Wildman–Crippen LogP) is 1.90. The number of urea groups is 1. The van der Waals surface area contributed by atoms with E-state index < -0.39 is 0 Å². The third-order valence-electron chi connectivity index (χ3n) is 3.19. The van der Waals surface area contributed by atoms with Crippen LogP contribution in [0.4, 0.5) is 4.79 Å². The van der Waals surface area contributed by atoms with E-state index in [4.69, 9.17) is 0 Å². The van der Waals surface area contributed by atoms with E-state index in [-0.39, 0.29) is 6.03 Å². The van der Waals surface area contributed by atoms with Crippen LogP contribution < -0.4 is 5.32 Å². The van der Waals surface area contributed by atoms with Crippen molar-refractivity contribution in [2.45, 2.75) is 38.1 Å². The number of rotatable bonds is 1. The van der Waals surface area contributed by atoms with Gasteiger partial charge in [-0.25, -0.2) is 4.79 Å². The lowest BCUT2D eigenvalue weighted by Gasteiger charge is -2.33. The Morgan fingerprint density at radius 2 is 2.00 bits per heavy atom. The van der Waals surface area contributed by atoms with Gasteiger partial charge in [0.15, 0.2) is 0 Å². The molecule has 0 bridgehead atoms. The van der Waals surface area contributed by atoms with Crippen LogP contribution in [-0.4, -0.2) is 30.1 Å². The molecule has 1 aliphatic heterocycles. The molecule has 14 heavy (non-hydrogen) atoms. The molecule has 0 aromatic rings. The highest BCUT2D eigenvalue weighted by molar-refractivity contribution is 5.74. The number of piperidine rings is 1. The van der Waals surface area contributed by atoms with Gasteiger partial charge in [-0.05, 0) is 32.1 Å². The lowest BCUT2D eigenvalue weighted by atomic mass is 9.93. The Bertz CT molecular complexity index is 236. The molecule has 1 N–H and O–H groups in total. The second-order valence-corrected chi connectivity index (χ2v) is 4.31. The number of nitrogens with zero attached hydrogens (tertiary/aromatic N) is 1. The highest BCUT2D eigenvalue weighted by Gasteiger charge is 2.23. The smallest absolute Gasteiger partial charge is 0.317 e. The van der Waals surface area contributed by atoms with Gasteiger partial charge in [0.25, 0.3) is 0 Å². The number of carbonyl (C=O) groups excluding carboxylic acids is 1. The molecule has 1 saturated carbocycles. The van der Waals surface area contributed by atoms with Crippen molar-refractivity contribution in [1.29, 1.82) is 0 Å². The van der Waals surface area contributed by atoms with Gasteiger partial charge >= 0.3 is 6.03 Å². The lowest BCUT2D eigenvalue weighted by Crippen LogP contribution is -2.48. The normalized spacial score (nSPS) is 23.1. The van der Waals surface area contributed by atoms with Crippen LogP contribution in [0.25, 0.3) is 0 Å². The molecule has 2 rings (SSSR count). The molecule has 1 heterocycles. The summed E-state index contributed by atoms with van der Waals surface area (Å²) in [6, 6.07) is 0.579. The zero-order chi connectivity index (χ0) is 9.97. The summed E-state index contributed by atoms with van der Waals surface area (Å²) in [5, 5.41) is 3.06. The van der Waals surface area contributed by atoms with E-state index in [0.29, 0.717) is 6.04 Å². The zero-order valence-electron chi connectivity index (χ0n) is 8.59. The van der Waals surface area contributed by atoms with Crippen LogP contribution in [0.1, 0.15) is 32.1 Å². The van der Waals surface area contributed by atoms with Crippen LogP contribution in [0, 0.1) is 0 Å². The first kappa shape index (κ1) is 9.56. The molecule has 0 atom stereocenters. The van der Waals surface area contributed by atoms with E-state index in [1.54, 1.807) is 0 Å². The second-order valence-electron chi connectivity index (χ2n) is 4.31. The van der Waals surface area contributed by atoms with Crippen molar-refractivity contribution in [2.24, 2.45) is 0 Å². The summed E-state index contributed by atoms with van der Waals surface area (Å²) in [5.74, 6) is 0. The van der Waals surface area contributed by atoms with E-state index in [2.05, 4.69) is 11.9 Å². The Hall–Kier alpha value is -0.990. The first-order valence-corrected chi connectivity index (χ1v) is 5.48. The number of amides is 2.